The number of nitrogen functional groups attached to an aromatic ring is 1. The molecule has 1 aromatic carbocycles. The fourth-order valence-electron chi connectivity index (χ4n) is 1.08. The summed E-state index contributed by atoms with van der Waals surface area (Å²) in [6, 6.07) is 2.78. The van der Waals surface area contributed by atoms with E-state index in [0.717, 1.165) is 0 Å². The first-order valence-corrected chi connectivity index (χ1v) is 5.04. The number of Topliss-reactive ketones (excluding diaryl/α,β-unsaturated/α-hetero) is 1. The predicted octanol–water partition coefficient (Wildman–Crippen LogP) is 2.68. The van der Waals surface area contributed by atoms with Crippen molar-refractivity contribution in [3.8, 4) is 5.75 Å². The smallest absolute Gasteiger partial charge is 0.387 e. The zero-order chi connectivity index (χ0) is 11.6. The number of rotatable bonds is 3. The van der Waals surface area contributed by atoms with E-state index >= 15 is 0 Å². The Morgan fingerprint density at radius 2 is 2.13 bits per heavy atom. The van der Waals surface area contributed by atoms with Crippen LogP contribution < -0.4 is 10.5 Å². The van der Waals surface area contributed by atoms with Gasteiger partial charge in [0.1, 0.15) is 5.75 Å². The highest BCUT2D eigenvalue weighted by atomic mass is 127. The van der Waals surface area contributed by atoms with Gasteiger partial charge in [-0.2, -0.15) is 8.78 Å². The van der Waals surface area contributed by atoms with Crippen molar-refractivity contribution >= 4 is 34.1 Å². The summed E-state index contributed by atoms with van der Waals surface area (Å²) < 4.78 is 28.8. The molecule has 0 aliphatic carbocycles. The molecule has 0 spiro atoms. The number of hydrogen-bond acceptors (Lipinski definition) is 3. The van der Waals surface area contributed by atoms with Crippen LogP contribution in [0.5, 0.6) is 5.75 Å². The van der Waals surface area contributed by atoms with Gasteiger partial charge in [0.15, 0.2) is 5.78 Å². The van der Waals surface area contributed by atoms with E-state index in [2.05, 4.69) is 4.74 Å². The first-order valence-electron chi connectivity index (χ1n) is 3.96. The van der Waals surface area contributed by atoms with Crippen LogP contribution in [0.1, 0.15) is 17.3 Å². The second kappa shape index (κ2) is 4.73. The third-order valence-corrected chi connectivity index (χ3v) is 2.45. The summed E-state index contributed by atoms with van der Waals surface area (Å²) >= 11 is 1.79. The number of benzene rings is 1. The van der Waals surface area contributed by atoms with Crippen LogP contribution in [0.4, 0.5) is 14.5 Å². The lowest BCUT2D eigenvalue weighted by Crippen LogP contribution is -2.08. The van der Waals surface area contributed by atoms with Gasteiger partial charge < -0.3 is 10.5 Å². The third kappa shape index (κ3) is 3.01. The second-order valence-electron chi connectivity index (χ2n) is 2.81. The number of ether oxygens (including phenoxy) is 1. The molecule has 0 amide bonds. The maximum atomic E-state index is 12.1. The van der Waals surface area contributed by atoms with Crippen molar-refractivity contribution in [1.29, 1.82) is 0 Å². The van der Waals surface area contributed by atoms with Gasteiger partial charge in [0.05, 0.1) is 9.13 Å². The number of ketones is 1. The summed E-state index contributed by atoms with van der Waals surface area (Å²) in [5, 5.41) is 0. The number of anilines is 1. The lowest BCUT2D eigenvalue weighted by atomic mass is 10.1. The van der Waals surface area contributed by atoms with Crippen molar-refractivity contribution in [3.63, 3.8) is 0 Å². The van der Waals surface area contributed by atoms with E-state index in [1.165, 1.54) is 19.1 Å². The van der Waals surface area contributed by atoms with Crippen LogP contribution in [0.3, 0.4) is 0 Å². The van der Waals surface area contributed by atoms with Crippen LogP contribution in [-0.2, 0) is 0 Å². The van der Waals surface area contributed by atoms with E-state index in [1.54, 1.807) is 22.6 Å². The van der Waals surface area contributed by atoms with Gasteiger partial charge in [0.2, 0.25) is 0 Å². The van der Waals surface area contributed by atoms with Crippen LogP contribution in [0, 0.1) is 3.57 Å². The molecule has 0 bridgehead atoms. The Morgan fingerprint density at radius 3 is 2.60 bits per heavy atom. The monoisotopic (exact) mass is 327 g/mol. The van der Waals surface area contributed by atoms with E-state index in [4.69, 9.17) is 5.73 Å². The molecule has 0 unspecified atom stereocenters. The molecule has 82 valence electrons. The maximum Gasteiger partial charge on any atom is 0.387 e. The van der Waals surface area contributed by atoms with E-state index in [1.807, 2.05) is 0 Å². The minimum atomic E-state index is -2.96. The van der Waals surface area contributed by atoms with Crippen molar-refractivity contribution < 1.29 is 18.3 Å². The van der Waals surface area contributed by atoms with Crippen molar-refractivity contribution in [2.45, 2.75) is 13.5 Å². The van der Waals surface area contributed by atoms with Gasteiger partial charge in [-0.05, 0) is 41.6 Å². The van der Waals surface area contributed by atoms with Gasteiger partial charge in [0.25, 0.3) is 0 Å². The number of alkyl halides is 2. The molecule has 15 heavy (non-hydrogen) atoms. The Kier molecular flexibility index (Phi) is 3.83. The molecule has 0 saturated heterocycles. The highest BCUT2D eigenvalue weighted by Crippen LogP contribution is 2.30. The van der Waals surface area contributed by atoms with Gasteiger partial charge >= 0.3 is 6.61 Å². The summed E-state index contributed by atoms with van der Waals surface area (Å²) in [5.41, 5.74) is 5.91. The molecule has 6 heteroatoms. The highest BCUT2D eigenvalue weighted by molar-refractivity contribution is 14.1. The Morgan fingerprint density at radius 1 is 1.53 bits per heavy atom. The van der Waals surface area contributed by atoms with Gasteiger partial charge in [-0.25, -0.2) is 0 Å². The summed E-state index contributed by atoms with van der Waals surface area (Å²) in [5.74, 6) is -0.483. The Labute approximate surface area is 98.7 Å². The molecule has 3 nitrogen and oxygen atoms in total. The van der Waals surface area contributed by atoms with Crippen molar-refractivity contribution in [2.24, 2.45) is 0 Å². The zero-order valence-corrected chi connectivity index (χ0v) is 9.92. The van der Waals surface area contributed by atoms with E-state index in [0.29, 0.717) is 9.26 Å². The first-order chi connectivity index (χ1) is 6.91. The molecular weight excluding hydrogens is 319 g/mol. The fourth-order valence-corrected chi connectivity index (χ4v) is 1.86. The molecule has 0 saturated carbocycles. The molecule has 0 aliphatic rings. The molecule has 0 radical (unpaired) electrons. The Bertz CT molecular complexity index is 396. The van der Waals surface area contributed by atoms with Crippen molar-refractivity contribution in [1.82, 2.24) is 0 Å². The SMILES string of the molecule is CC(=O)c1cc(N)cc(I)c1OC(F)F. The molecule has 1 aromatic rings. The first kappa shape index (κ1) is 12.2. The van der Waals surface area contributed by atoms with Crippen molar-refractivity contribution in [2.75, 3.05) is 5.73 Å². The van der Waals surface area contributed by atoms with E-state index < -0.39 is 6.61 Å². The lowest BCUT2D eigenvalue weighted by molar-refractivity contribution is -0.0507. The van der Waals surface area contributed by atoms with Crippen molar-refractivity contribution in [3.05, 3.63) is 21.3 Å². The van der Waals surface area contributed by atoms with Crippen LogP contribution in [0.15, 0.2) is 12.1 Å². The molecule has 1 rings (SSSR count). The largest absolute Gasteiger partial charge is 0.433 e. The topological polar surface area (TPSA) is 52.3 Å². The molecular formula is C9H8F2INO2. The highest BCUT2D eigenvalue weighted by Gasteiger charge is 2.17. The van der Waals surface area contributed by atoms with Crippen LogP contribution in [0.25, 0.3) is 0 Å². The summed E-state index contributed by atoms with van der Waals surface area (Å²) in [6.07, 6.45) is 0. The lowest BCUT2D eigenvalue weighted by Gasteiger charge is -2.11. The zero-order valence-electron chi connectivity index (χ0n) is 7.76. The second-order valence-corrected chi connectivity index (χ2v) is 3.98. The minimum Gasteiger partial charge on any atom is -0.433 e. The quantitative estimate of drug-likeness (QED) is 0.528. The van der Waals surface area contributed by atoms with Crippen LogP contribution in [-0.4, -0.2) is 12.4 Å². The summed E-state index contributed by atoms with van der Waals surface area (Å²) in [6.45, 7) is -1.69. The fraction of sp³-hybridized carbons (Fsp3) is 0.222. The standard InChI is InChI=1S/C9H8F2INO2/c1-4(14)6-2-5(13)3-7(12)8(6)15-9(10)11/h2-3,9H,13H2,1H3. The van der Waals surface area contributed by atoms with Crippen LogP contribution in [0.2, 0.25) is 0 Å². The molecule has 0 atom stereocenters. The number of hydrogen-bond donors (Lipinski definition) is 1. The number of halogens is 3. The number of nitrogens with two attached hydrogens (primary N) is 1. The van der Waals surface area contributed by atoms with Gasteiger partial charge in [-0.3, -0.25) is 4.79 Å². The molecule has 0 fully saturated rings. The molecule has 0 aliphatic heterocycles. The summed E-state index contributed by atoms with van der Waals surface area (Å²) in [4.78, 5) is 11.2. The van der Waals surface area contributed by atoms with Crippen LogP contribution >= 0.6 is 22.6 Å². The third-order valence-electron chi connectivity index (χ3n) is 1.65. The molecule has 2 N–H and O–H groups in total. The number of carbonyl (C=O) groups excluding carboxylic acids is 1. The maximum absolute atomic E-state index is 12.1. The van der Waals surface area contributed by atoms with Gasteiger partial charge in [0, 0.05) is 5.69 Å². The normalized spacial score (nSPS) is 10.5. The molecule has 0 aromatic heterocycles. The average Bonchev–Trinajstić information content (AvgIpc) is 2.08. The minimum absolute atomic E-state index is 0.0692. The van der Waals surface area contributed by atoms with E-state index in [-0.39, 0.29) is 17.1 Å². The average molecular weight is 327 g/mol. The van der Waals surface area contributed by atoms with Gasteiger partial charge in [-0.1, -0.05) is 0 Å². The summed E-state index contributed by atoms with van der Waals surface area (Å²) in [7, 11) is 0. The Hall–Kier alpha value is -0.920. The molecule has 0 heterocycles. The predicted molar refractivity (Wildman–Crippen MR) is 60.2 cm³/mol. The Balaban J connectivity index is 3.27. The van der Waals surface area contributed by atoms with E-state index in [9.17, 15) is 13.6 Å². The number of carbonyl (C=O) groups is 1. The van der Waals surface area contributed by atoms with Gasteiger partial charge in [-0.15, -0.1) is 0 Å².